The number of ether oxygens (including phenoxy) is 2. The number of hydrogen-bond donors (Lipinski definition) is 1. The molecule has 4 heteroatoms. The van der Waals surface area contributed by atoms with Gasteiger partial charge in [-0.2, -0.15) is 0 Å². The van der Waals surface area contributed by atoms with E-state index in [1.54, 1.807) is 0 Å². The molecule has 1 N–H and O–H groups in total. The smallest absolute Gasteiger partial charge is 0.0726 e. The fourth-order valence-corrected chi connectivity index (χ4v) is 2.89. The Bertz CT molecular complexity index is 412. The first kappa shape index (κ1) is 17.3. The van der Waals surface area contributed by atoms with Crippen LogP contribution in [-0.2, 0) is 16.0 Å². The van der Waals surface area contributed by atoms with Gasteiger partial charge in [-0.15, -0.1) is 0 Å². The lowest BCUT2D eigenvalue weighted by Crippen LogP contribution is -2.45. The monoisotopic (exact) mass is 306 g/mol. The van der Waals surface area contributed by atoms with Gasteiger partial charge in [0.05, 0.1) is 12.2 Å². The van der Waals surface area contributed by atoms with Crippen molar-refractivity contribution in [1.82, 2.24) is 5.32 Å². The summed E-state index contributed by atoms with van der Waals surface area (Å²) in [6.07, 6.45) is 1.67. The predicted molar refractivity (Wildman–Crippen MR) is 91.5 cm³/mol. The van der Waals surface area contributed by atoms with E-state index in [2.05, 4.69) is 48.3 Å². The highest BCUT2D eigenvalue weighted by Crippen LogP contribution is 2.20. The zero-order chi connectivity index (χ0) is 15.8. The molecule has 1 fully saturated rings. The molecule has 22 heavy (non-hydrogen) atoms. The Morgan fingerprint density at radius 3 is 2.50 bits per heavy atom. The van der Waals surface area contributed by atoms with Crippen molar-refractivity contribution in [3.05, 3.63) is 29.8 Å². The van der Waals surface area contributed by atoms with Crippen molar-refractivity contribution >= 4 is 5.69 Å². The third kappa shape index (κ3) is 5.59. The van der Waals surface area contributed by atoms with Crippen LogP contribution in [0.15, 0.2) is 24.3 Å². The summed E-state index contributed by atoms with van der Waals surface area (Å²) in [6, 6.07) is 8.88. The molecule has 1 aromatic rings. The molecule has 0 aliphatic carbocycles. The molecular formula is C18H30N2O2. The van der Waals surface area contributed by atoms with Gasteiger partial charge in [0.15, 0.2) is 0 Å². The molecular weight excluding hydrogens is 276 g/mol. The summed E-state index contributed by atoms with van der Waals surface area (Å²) >= 11 is 0. The number of anilines is 1. The van der Waals surface area contributed by atoms with E-state index in [1.165, 1.54) is 11.3 Å². The topological polar surface area (TPSA) is 33.7 Å². The summed E-state index contributed by atoms with van der Waals surface area (Å²) in [7, 11) is 0. The Morgan fingerprint density at radius 2 is 1.86 bits per heavy atom. The molecule has 0 radical (unpaired) electrons. The van der Waals surface area contributed by atoms with Gasteiger partial charge in [-0.1, -0.05) is 12.1 Å². The van der Waals surface area contributed by atoms with Crippen molar-refractivity contribution < 1.29 is 9.47 Å². The van der Waals surface area contributed by atoms with E-state index in [4.69, 9.17) is 9.47 Å². The molecule has 0 spiro atoms. The van der Waals surface area contributed by atoms with E-state index in [0.29, 0.717) is 12.2 Å². The second kappa shape index (κ2) is 9.13. The van der Waals surface area contributed by atoms with Crippen LogP contribution in [0.1, 0.15) is 32.8 Å². The zero-order valence-electron chi connectivity index (χ0n) is 14.2. The molecule has 2 rings (SSSR count). The van der Waals surface area contributed by atoms with Crippen LogP contribution in [-0.4, -0.2) is 45.1 Å². The van der Waals surface area contributed by atoms with Crippen LogP contribution in [0.2, 0.25) is 0 Å². The molecule has 1 heterocycles. The second-order valence-corrected chi connectivity index (χ2v) is 6.06. The average Bonchev–Trinajstić information content (AvgIpc) is 2.50. The minimum Gasteiger partial charge on any atom is -0.382 e. The quantitative estimate of drug-likeness (QED) is 0.749. The molecule has 1 aromatic carbocycles. The highest BCUT2D eigenvalue weighted by molar-refractivity contribution is 5.48. The number of nitrogens with one attached hydrogen (secondary N) is 1. The normalized spacial score (nSPS) is 22.0. The van der Waals surface area contributed by atoms with E-state index in [9.17, 15) is 0 Å². The Balaban J connectivity index is 1.75. The van der Waals surface area contributed by atoms with Gasteiger partial charge in [-0.3, -0.25) is 0 Å². The van der Waals surface area contributed by atoms with Crippen molar-refractivity contribution in [2.75, 3.05) is 37.7 Å². The third-order valence-electron chi connectivity index (χ3n) is 3.90. The molecule has 2 unspecified atom stereocenters. The maximum Gasteiger partial charge on any atom is 0.0726 e. The molecule has 0 bridgehead atoms. The van der Waals surface area contributed by atoms with Crippen LogP contribution in [0, 0.1) is 0 Å². The lowest BCUT2D eigenvalue weighted by molar-refractivity contribution is -0.00521. The van der Waals surface area contributed by atoms with E-state index in [-0.39, 0.29) is 0 Å². The van der Waals surface area contributed by atoms with Gasteiger partial charge < -0.3 is 19.7 Å². The molecule has 1 saturated heterocycles. The van der Waals surface area contributed by atoms with Gasteiger partial charge in [0.2, 0.25) is 0 Å². The van der Waals surface area contributed by atoms with Gasteiger partial charge in [0, 0.05) is 38.5 Å². The van der Waals surface area contributed by atoms with Crippen LogP contribution in [0.4, 0.5) is 5.69 Å². The summed E-state index contributed by atoms with van der Waals surface area (Å²) in [5, 5.41) is 3.46. The van der Waals surface area contributed by atoms with E-state index in [1.807, 2.05) is 6.92 Å². The largest absolute Gasteiger partial charge is 0.382 e. The summed E-state index contributed by atoms with van der Waals surface area (Å²) in [6.45, 7) is 11.8. The zero-order valence-corrected chi connectivity index (χ0v) is 14.2. The van der Waals surface area contributed by atoms with Crippen molar-refractivity contribution in [2.45, 2.75) is 45.9 Å². The molecule has 1 aliphatic rings. The minimum atomic E-state index is 0.301. The first-order valence-corrected chi connectivity index (χ1v) is 8.47. The highest BCUT2D eigenvalue weighted by atomic mass is 16.5. The summed E-state index contributed by atoms with van der Waals surface area (Å²) in [5.74, 6) is 0. The summed E-state index contributed by atoms with van der Waals surface area (Å²) < 4.78 is 11.1. The predicted octanol–water partition coefficient (Wildman–Crippen LogP) is 2.82. The highest BCUT2D eigenvalue weighted by Gasteiger charge is 2.22. The van der Waals surface area contributed by atoms with Gasteiger partial charge >= 0.3 is 0 Å². The summed E-state index contributed by atoms with van der Waals surface area (Å²) in [5.41, 5.74) is 2.62. The fraction of sp³-hybridized carbons (Fsp3) is 0.667. The number of rotatable bonds is 8. The van der Waals surface area contributed by atoms with Crippen LogP contribution in [0.3, 0.4) is 0 Å². The number of nitrogens with zero attached hydrogens (tertiary/aromatic N) is 1. The second-order valence-electron chi connectivity index (χ2n) is 6.06. The standard InChI is InChI=1S/C18H30N2O2/c1-4-21-11-5-10-19-12-17-6-8-18(9-7-17)20-13-15(2)22-16(3)14-20/h6-9,15-16,19H,4-5,10-14H2,1-3H3. The van der Waals surface area contributed by atoms with E-state index < -0.39 is 0 Å². The Hall–Kier alpha value is -1.10. The maximum absolute atomic E-state index is 5.79. The Labute approximate surface area is 134 Å². The molecule has 2 atom stereocenters. The van der Waals surface area contributed by atoms with Crippen molar-refractivity contribution in [3.63, 3.8) is 0 Å². The van der Waals surface area contributed by atoms with Crippen molar-refractivity contribution in [3.8, 4) is 0 Å². The summed E-state index contributed by atoms with van der Waals surface area (Å²) in [4.78, 5) is 2.41. The molecule has 0 amide bonds. The molecule has 0 aromatic heterocycles. The molecule has 0 saturated carbocycles. The number of morpholine rings is 1. The number of benzene rings is 1. The third-order valence-corrected chi connectivity index (χ3v) is 3.90. The minimum absolute atomic E-state index is 0.301. The fourth-order valence-electron chi connectivity index (χ4n) is 2.89. The van der Waals surface area contributed by atoms with Gasteiger partial charge in [0.1, 0.15) is 0 Å². The molecule has 4 nitrogen and oxygen atoms in total. The Kier molecular flexibility index (Phi) is 7.16. The molecule has 1 aliphatic heterocycles. The SMILES string of the molecule is CCOCCCNCc1ccc(N2CC(C)OC(C)C2)cc1. The van der Waals surface area contributed by atoms with Crippen molar-refractivity contribution in [1.29, 1.82) is 0 Å². The van der Waals surface area contributed by atoms with Crippen molar-refractivity contribution in [2.24, 2.45) is 0 Å². The van der Waals surface area contributed by atoms with Crippen LogP contribution in [0.25, 0.3) is 0 Å². The maximum atomic E-state index is 5.79. The van der Waals surface area contributed by atoms with Crippen LogP contribution in [0.5, 0.6) is 0 Å². The van der Waals surface area contributed by atoms with Gasteiger partial charge in [-0.05, 0) is 51.4 Å². The van der Waals surface area contributed by atoms with E-state index >= 15 is 0 Å². The van der Waals surface area contributed by atoms with Gasteiger partial charge in [-0.25, -0.2) is 0 Å². The van der Waals surface area contributed by atoms with E-state index in [0.717, 1.165) is 45.8 Å². The first-order chi connectivity index (χ1) is 10.7. The number of hydrogen-bond acceptors (Lipinski definition) is 4. The van der Waals surface area contributed by atoms with Gasteiger partial charge in [0.25, 0.3) is 0 Å². The van der Waals surface area contributed by atoms with Crippen LogP contribution < -0.4 is 10.2 Å². The average molecular weight is 306 g/mol. The van der Waals surface area contributed by atoms with Crippen LogP contribution >= 0.6 is 0 Å². The lowest BCUT2D eigenvalue weighted by Gasteiger charge is -2.36. The first-order valence-electron chi connectivity index (χ1n) is 8.47. The lowest BCUT2D eigenvalue weighted by atomic mass is 10.1. The molecule has 124 valence electrons. The Morgan fingerprint density at radius 1 is 1.18 bits per heavy atom.